The van der Waals surface area contributed by atoms with Crippen LogP contribution in [0, 0.1) is 5.82 Å². The SMILES string of the molecule is O=C(N1CCC[C@@H](Nc2ccnc(-c3cnc4ccc(F)cn34)n2)C1)C1(O)CC1. The lowest BCUT2D eigenvalue weighted by Crippen LogP contribution is -2.49. The van der Waals surface area contributed by atoms with E-state index in [0.29, 0.717) is 48.9 Å². The van der Waals surface area contributed by atoms with Crippen LogP contribution >= 0.6 is 0 Å². The second-order valence-electron chi connectivity index (χ2n) is 7.75. The molecule has 29 heavy (non-hydrogen) atoms. The topological polar surface area (TPSA) is 95.7 Å². The fraction of sp³-hybridized carbons (Fsp3) is 0.400. The van der Waals surface area contributed by atoms with Gasteiger partial charge in [-0.25, -0.2) is 19.3 Å². The smallest absolute Gasteiger partial charge is 0.254 e. The first-order valence-electron chi connectivity index (χ1n) is 9.76. The third-order valence-corrected chi connectivity index (χ3v) is 5.54. The van der Waals surface area contributed by atoms with Crippen LogP contribution in [0.25, 0.3) is 17.2 Å². The second kappa shape index (κ2) is 6.77. The molecule has 0 spiro atoms. The van der Waals surface area contributed by atoms with Crippen LogP contribution in [0.1, 0.15) is 25.7 Å². The number of nitrogens with zero attached hydrogens (tertiary/aromatic N) is 5. The summed E-state index contributed by atoms with van der Waals surface area (Å²) in [6.45, 7) is 1.20. The fourth-order valence-electron chi connectivity index (χ4n) is 3.80. The van der Waals surface area contributed by atoms with E-state index in [-0.39, 0.29) is 17.8 Å². The van der Waals surface area contributed by atoms with Crippen molar-refractivity contribution in [1.29, 1.82) is 0 Å². The van der Waals surface area contributed by atoms with Crippen molar-refractivity contribution in [3.05, 3.63) is 42.6 Å². The summed E-state index contributed by atoms with van der Waals surface area (Å²) in [5, 5.41) is 13.5. The Morgan fingerprint density at radius 3 is 2.97 bits per heavy atom. The van der Waals surface area contributed by atoms with Crippen LogP contribution < -0.4 is 5.32 Å². The average molecular weight is 396 g/mol. The number of hydrogen-bond donors (Lipinski definition) is 2. The van der Waals surface area contributed by atoms with Gasteiger partial charge in [-0.15, -0.1) is 0 Å². The first-order valence-corrected chi connectivity index (χ1v) is 9.76. The number of hydrogen-bond acceptors (Lipinski definition) is 6. The van der Waals surface area contributed by atoms with Gasteiger partial charge in [-0.2, -0.15) is 0 Å². The Bertz CT molecular complexity index is 1080. The van der Waals surface area contributed by atoms with Crippen LogP contribution in [-0.4, -0.2) is 60.0 Å². The number of imidazole rings is 1. The van der Waals surface area contributed by atoms with Gasteiger partial charge in [0.25, 0.3) is 5.91 Å². The number of amides is 1. The van der Waals surface area contributed by atoms with Crippen molar-refractivity contribution in [1.82, 2.24) is 24.3 Å². The van der Waals surface area contributed by atoms with Gasteiger partial charge < -0.3 is 15.3 Å². The van der Waals surface area contributed by atoms with Crippen molar-refractivity contribution >= 4 is 17.4 Å². The number of piperidine rings is 1. The number of halogens is 1. The van der Waals surface area contributed by atoms with Gasteiger partial charge in [0.2, 0.25) is 0 Å². The molecule has 1 saturated heterocycles. The molecule has 1 aliphatic carbocycles. The molecule has 3 aromatic rings. The lowest BCUT2D eigenvalue weighted by molar-refractivity contribution is -0.143. The van der Waals surface area contributed by atoms with E-state index in [9.17, 15) is 14.3 Å². The number of carbonyl (C=O) groups is 1. The molecule has 0 unspecified atom stereocenters. The number of pyridine rings is 1. The molecule has 2 fully saturated rings. The van der Waals surface area contributed by atoms with Crippen LogP contribution in [0.15, 0.2) is 36.8 Å². The van der Waals surface area contributed by atoms with E-state index in [1.54, 1.807) is 33.8 Å². The number of likely N-dealkylation sites (tertiary alicyclic amines) is 1. The van der Waals surface area contributed by atoms with Crippen molar-refractivity contribution in [2.45, 2.75) is 37.3 Å². The molecule has 9 heteroatoms. The van der Waals surface area contributed by atoms with Crippen LogP contribution in [-0.2, 0) is 4.79 Å². The van der Waals surface area contributed by atoms with E-state index in [0.717, 1.165) is 12.8 Å². The van der Waals surface area contributed by atoms with Crippen LogP contribution in [0.4, 0.5) is 10.2 Å². The summed E-state index contributed by atoms with van der Waals surface area (Å²) in [5.41, 5.74) is 0.0739. The van der Waals surface area contributed by atoms with Gasteiger partial charge in [-0.1, -0.05) is 0 Å². The molecule has 0 radical (unpaired) electrons. The van der Waals surface area contributed by atoms with E-state index < -0.39 is 5.60 Å². The number of fused-ring (bicyclic) bond motifs is 1. The van der Waals surface area contributed by atoms with E-state index in [1.807, 2.05) is 0 Å². The zero-order chi connectivity index (χ0) is 20.0. The minimum absolute atomic E-state index is 0.0393. The second-order valence-corrected chi connectivity index (χ2v) is 7.75. The Kier molecular flexibility index (Phi) is 4.20. The van der Waals surface area contributed by atoms with Crippen LogP contribution in [0.3, 0.4) is 0 Å². The molecule has 3 aromatic heterocycles. The van der Waals surface area contributed by atoms with Gasteiger partial charge in [0.1, 0.15) is 28.6 Å². The summed E-state index contributed by atoms with van der Waals surface area (Å²) in [5.74, 6) is 0.533. The lowest BCUT2D eigenvalue weighted by atomic mass is 10.0. The van der Waals surface area contributed by atoms with Crippen molar-refractivity contribution < 1.29 is 14.3 Å². The predicted molar refractivity (Wildman–Crippen MR) is 104 cm³/mol. The molecule has 1 amide bonds. The third kappa shape index (κ3) is 3.42. The summed E-state index contributed by atoms with van der Waals surface area (Å²) in [4.78, 5) is 27.3. The Labute approximate surface area is 166 Å². The van der Waals surface area contributed by atoms with Gasteiger partial charge in [-0.05, 0) is 43.9 Å². The van der Waals surface area contributed by atoms with Crippen LogP contribution in [0.5, 0.6) is 0 Å². The van der Waals surface area contributed by atoms with Gasteiger partial charge in [0.15, 0.2) is 5.82 Å². The highest BCUT2D eigenvalue weighted by Gasteiger charge is 2.50. The molecule has 2 N–H and O–H groups in total. The standard InChI is InChI=1S/C20H21FN6O2/c21-13-3-4-17-23-10-15(27(17)11-13)18-22-8-5-16(25-18)24-14-2-1-9-26(12-14)19(28)20(29)6-7-20/h3-5,8,10-11,14,29H,1-2,6-7,9,12H2,(H,22,24,25)/t14-/m1/s1. The fourth-order valence-corrected chi connectivity index (χ4v) is 3.80. The van der Waals surface area contributed by atoms with Crippen molar-refractivity contribution in [3.8, 4) is 11.5 Å². The normalized spacial score (nSPS) is 20.6. The Morgan fingerprint density at radius 1 is 1.28 bits per heavy atom. The summed E-state index contributed by atoms with van der Waals surface area (Å²) < 4.78 is 15.3. The molecule has 150 valence electrons. The molecule has 1 saturated carbocycles. The molecule has 1 aliphatic heterocycles. The molecular weight excluding hydrogens is 375 g/mol. The highest BCUT2D eigenvalue weighted by Crippen LogP contribution is 2.37. The van der Waals surface area contributed by atoms with E-state index >= 15 is 0 Å². The minimum atomic E-state index is -1.14. The predicted octanol–water partition coefficient (Wildman–Crippen LogP) is 1.86. The summed E-state index contributed by atoms with van der Waals surface area (Å²) in [6, 6.07) is 4.77. The monoisotopic (exact) mass is 396 g/mol. The Hall–Kier alpha value is -3.07. The van der Waals surface area contributed by atoms with Crippen LogP contribution in [0.2, 0.25) is 0 Å². The van der Waals surface area contributed by atoms with Crippen molar-refractivity contribution in [2.75, 3.05) is 18.4 Å². The number of anilines is 1. The zero-order valence-electron chi connectivity index (χ0n) is 15.8. The molecule has 4 heterocycles. The molecule has 0 aromatic carbocycles. The Balaban J connectivity index is 1.34. The van der Waals surface area contributed by atoms with Gasteiger partial charge in [0, 0.05) is 31.5 Å². The molecule has 2 aliphatic rings. The minimum Gasteiger partial charge on any atom is -0.380 e. The van der Waals surface area contributed by atoms with Crippen molar-refractivity contribution in [2.24, 2.45) is 0 Å². The molecule has 1 atom stereocenters. The first-order chi connectivity index (χ1) is 14.0. The number of nitrogens with one attached hydrogen (secondary N) is 1. The highest BCUT2D eigenvalue weighted by atomic mass is 19.1. The number of aromatic nitrogens is 4. The van der Waals surface area contributed by atoms with E-state index in [4.69, 9.17) is 0 Å². The maximum absolute atomic E-state index is 13.6. The summed E-state index contributed by atoms with van der Waals surface area (Å²) >= 11 is 0. The number of carbonyl (C=O) groups excluding carboxylic acids is 1. The van der Waals surface area contributed by atoms with Crippen molar-refractivity contribution in [3.63, 3.8) is 0 Å². The van der Waals surface area contributed by atoms with E-state index in [1.165, 1.54) is 12.3 Å². The number of rotatable bonds is 4. The molecular formula is C20H21FN6O2. The number of aliphatic hydroxyl groups is 1. The lowest BCUT2D eigenvalue weighted by Gasteiger charge is -2.34. The first kappa shape index (κ1) is 18.0. The largest absolute Gasteiger partial charge is 0.380 e. The molecule has 8 nitrogen and oxygen atoms in total. The summed E-state index contributed by atoms with van der Waals surface area (Å²) in [7, 11) is 0. The van der Waals surface area contributed by atoms with E-state index in [2.05, 4.69) is 20.3 Å². The third-order valence-electron chi connectivity index (χ3n) is 5.54. The zero-order valence-corrected chi connectivity index (χ0v) is 15.8. The van der Waals surface area contributed by atoms with Gasteiger partial charge in [-0.3, -0.25) is 9.20 Å². The Morgan fingerprint density at radius 2 is 2.14 bits per heavy atom. The quantitative estimate of drug-likeness (QED) is 0.699. The summed E-state index contributed by atoms with van der Waals surface area (Å²) in [6.07, 6.45) is 7.49. The average Bonchev–Trinajstić information content (AvgIpc) is 3.34. The van der Waals surface area contributed by atoms with Gasteiger partial charge >= 0.3 is 0 Å². The molecule has 5 rings (SSSR count). The van der Waals surface area contributed by atoms with Gasteiger partial charge in [0.05, 0.1) is 6.20 Å². The maximum atomic E-state index is 13.6. The molecule has 0 bridgehead atoms. The maximum Gasteiger partial charge on any atom is 0.254 e. The highest BCUT2D eigenvalue weighted by molar-refractivity contribution is 5.88.